The van der Waals surface area contributed by atoms with Gasteiger partial charge in [0.25, 0.3) is 0 Å². The van der Waals surface area contributed by atoms with Gasteiger partial charge >= 0.3 is 0 Å². The molecule has 2 aromatic rings. The fourth-order valence-corrected chi connectivity index (χ4v) is 3.70. The minimum absolute atomic E-state index is 0.00106. The molecule has 1 atom stereocenters. The van der Waals surface area contributed by atoms with Crippen LogP contribution in [0.2, 0.25) is 0 Å². The van der Waals surface area contributed by atoms with Crippen molar-refractivity contribution in [3.05, 3.63) is 52.4 Å². The highest BCUT2D eigenvalue weighted by molar-refractivity contribution is 7.89. The number of amides is 1. The second-order valence-electron chi connectivity index (χ2n) is 5.88. The van der Waals surface area contributed by atoms with Crippen LogP contribution in [0.25, 0.3) is 0 Å². The highest BCUT2D eigenvalue weighted by atomic mass is 32.2. The number of nitrogens with one attached hydrogen (secondary N) is 2. The van der Waals surface area contributed by atoms with Crippen molar-refractivity contribution >= 4 is 32.4 Å². The predicted octanol–water partition coefficient (Wildman–Crippen LogP) is 0.699. The van der Waals surface area contributed by atoms with Crippen molar-refractivity contribution in [2.75, 3.05) is 17.7 Å². The van der Waals surface area contributed by atoms with Crippen molar-refractivity contribution in [3.63, 3.8) is 0 Å². The quantitative estimate of drug-likeness (QED) is 0.536. The van der Waals surface area contributed by atoms with Crippen molar-refractivity contribution in [1.82, 2.24) is 4.98 Å². The number of carbonyl (C=O) groups is 1. The molecule has 2 rings (SSSR count). The number of ether oxygens (including phenoxy) is 1. The molecule has 0 aliphatic rings. The van der Waals surface area contributed by atoms with Crippen LogP contribution < -0.4 is 20.6 Å². The minimum atomic E-state index is -3.81. The van der Waals surface area contributed by atoms with Crippen LogP contribution in [0.15, 0.2) is 46.2 Å². The highest BCUT2D eigenvalue weighted by Crippen LogP contribution is 2.13. The molecule has 11 heteroatoms. The number of aromatic amines is 1. The molecule has 0 fully saturated rings. The zero-order valence-electron chi connectivity index (χ0n) is 15.1. The molecular formula is C17H21N3O6S2. The third kappa shape index (κ3) is 6.59. The summed E-state index contributed by atoms with van der Waals surface area (Å²) in [7, 11) is -5.37. The van der Waals surface area contributed by atoms with Gasteiger partial charge < -0.3 is 15.0 Å². The third-order valence-electron chi connectivity index (χ3n) is 3.47. The maximum atomic E-state index is 12.2. The Morgan fingerprint density at radius 1 is 1.29 bits per heavy atom. The van der Waals surface area contributed by atoms with Gasteiger partial charge in [-0.25, -0.2) is 13.6 Å². The fourth-order valence-electron chi connectivity index (χ4n) is 2.20. The van der Waals surface area contributed by atoms with Gasteiger partial charge in [0, 0.05) is 34.4 Å². The number of sulfonamides is 1. The number of hydrogen-bond acceptors (Lipinski definition) is 6. The van der Waals surface area contributed by atoms with Crippen LogP contribution in [0.1, 0.15) is 19.0 Å². The van der Waals surface area contributed by atoms with E-state index >= 15 is 0 Å². The average Bonchev–Trinajstić information content (AvgIpc) is 2.60. The van der Waals surface area contributed by atoms with Gasteiger partial charge in [0.1, 0.15) is 5.75 Å². The summed E-state index contributed by atoms with van der Waals surface area (Å²) in [5.74, 6) is -0.599. The van der Waals surface area contributed by atoms with Crippen LogP contribution in [-0.2, 0) is 31.4 Å². The second-order valence-corrected chi connectivity index (χ2v) is 8.90. The number of carbonyl (C=O) groups excluding carboxylic acids is 1. The number of hydrogen-bond donors (Lipinski definition) is 3. The number of H-pyrrole nitrogens is 1. The number of pyridine rings is 1. The van der Waals surface area contributed by atoms with Gasteiger partial charge in [-0.1, -0.05) is 6.92 Å². The molecule has 9 nitrogen and oxygen atoms in total. The van der Waals surface area contributed by atoms with E-state index in [4.69, 9.17) is 9.88 Å². The minimum Gasteiger partial charge on any atom is -0.488 e. The van der Waals surface area contributed by atoms with Crippen LogP contribution in [0.3, 0.4) is 0 Å². The molecule has 28 heavy (non-hydrogen) atoms. The SMILES string of the molecule is CCCOc1c[nH]c(CS(=O)CC(=O)Nc2ccc(S(N)(=O)=O)cc2)cc1=O. The predicted molar refractivity (Wildman–Crippen MR) is 106 cm³/mol. The zero-order chi connectivity index (χ0) is 20.7. The third-order valence-corrected chi connectivity index (χ3v) is 5.62. The van der Waals surface area contributed by atoms with Gasteiger partial charge in [0.15, 0.2) is 5.75 Å². The van der Waals surface area contributed by atoms with E-state index in [0.717, 1.165) is 6.42 Å². The molecule has 0 saturated carbocycles. The number of nitrogens with two attached hydrogens (primary N) is 1. The first-order chi connectivity index (χ1) is 13.2. The Bertz CT molecular complexity index is 1020. The van der Waals surface area contributed by atoms with Gasteiger partial charge in [-0.3, -0.25) is 13.8 Å². The number of anilines is 1. The molecule has 0 radical (unpaired) electrons. The van der Waals surface area contributed by atoms with E-state index in [0.29, 0.717) is 18.0 Å². The molecule has 0 aliphatic carbocycles. The molecule has 1 unspecified atom stereocenters. The van der Waals surface area contributed by atoms with Crippen molar-refractivity contribution < 1.29 is 22.2 Å². The van der Waals surface area contributed by atoms with Gasteiger partial charge in [-0.2, -0.15) is 0 Å². The lowest BCUT2D eigenvalue weighted by atomic mass is 10.3. The summed E-state index contributed by atoms with van der Waals surface area (Å²) in [4.78, 5) is 26.7. The van der Waals surface area contributed by atoms with Crippen LogP contribution in [0.4, 0.5) is 5.69 Å². The first-order valence-corrected chi connectivity index (χ1v) is 11.3. The normalized spacial score (nSPS) is 12.4. The van der Waals surface area contributed by atoms with E-state index in [2.05, 4.69) is 10.3 Å². The summed E-state index contributed by atoms with van der Waals surface area (Å²) < 4.78 is 39.8. The van der Waals surface area contributed by atoms with Crippen molar-refractivity contribution in [2.45, 2.75) is 24.0 Å². The smallest absolute Gasteiger partial charge is 0.238 e. The highest BCUT2D eigenvalue weighted by Gasteiger charge is 2.12. The number of primary sulfonamides is 1. The van der Waals surface area contributed by atoms with E-state index in [1.807, 2.05) is 6.92 Å². The van der Waals surface area contributed by atoms with Crippen LogP contribution in [-0.4, -0.2) is 35.9 Å². The lowest BCUT2D eigenvalue weighted by Crippen LogP contribution is -2.21. The molecular weight excluding hydrogens is 406 g/mol. The van der Waals surface area contributed by atoms with Gasteiger partial charge in [0.2, 0.25) is 21.4 Å². The Hall–Kier alpha value is -2.50. The Morgan fingerprint density at radius 3 is 2.54 bits per heavy atom. The topological polar surface area (TPSA) is 148 Å². The zero-order valence-corrected chi connectivity index (χ0v) is 16.8. The van der Waals surface area contributed by atoms with Crippen molar-refractivity contribution in [2.24, 2.45) is 5.14 Å². The summed E-state index contributed by atoms with van der Waals surface area (Å²) >= 11 is 0. The largest absolute Gasteiger partial charge is 0.488 e. The Morgan fingerprint density at radius 2 is 1.96 bits per heavy atom. The molecule has 152 valence electrons. The van der Waals surface area contributed by atoms with Gasteiger partial charge in [0.05, 0.1) is 17.3 Å². The maximum Gasteiger partial charge on any atom is 0.238 e. The standard InChI is InChI=1S/C17H21N3O6S2/c1-2-7-26-16-9-19-13(8-15(16)21)10-27(23)11-17(22)20-12-3-5-14(6-4-12)28(18,24)25/h3-6,8-9H,2,7,10-11H2,1H3,(H,19,21)(H,20,22)(H2,18,24,25). The van der Waals surface area contributed by atoms with Crippen LogP contribution in [0.5, 0.6) is 5.75 Å². The Labute approximate surface area is 164 Å². The Kier molecular flexibility index (Phi) is 7.49. The van der Waals surface area contributed by atoms with Crippen LogP contribution >= 0.6 is 0 Å². The molecule has 0 saturated heterocycles. The summed E-state index contributed by atoms with van der Waals surface area (Å²) in [6.45, 7) is 2.35. The molecule has 0 bridgehead atoms. The molecule has 1 aromatic heterocycles. The van der Waals surface area contributed by atoms with Gasteiger partial charge in [-0.05, 0) is 30.7 Å². The monoisotopic (exact) mass is 427 g/mol. The summed E-state index contributed by atoms with van der Waals surface area (Å²) in [5, 5.41) is 7.52. The first kappa shape index (κ1) is 21.8. The summed E-state index contributed by atoms with van der Waals surface area (Å²) in [6, 6.07) is 6.58. The number of rotatable bonds is 9. The van der Waals surface area contributed by atoms with E-state index < -0.39 is 26.7 Å². The van der Waals surface area contributed by atoms with Crippen molar-refractivity contribution in [1.29, 1.82) is 0 Å². The van der Waals surface area contributed by atoms with Crippen molar-refractivity contribution in [3.8, 4) is 5.75 Å². The van der Waals surface area contributed by atoms with E-state index in [1.54, 1.807) is 0 Å². The summed E-state index contributed by atoms with van der Waals surface area (Å²) in [5.41, 5.74) is 0.455. The van der Waals surface area contributed by atoms with Gasteiger partial charge in [-0.15, -0.1) is 0 Å². The lowest BCUT2D eigenvalue weighted by molar-refractivity contribution is -0.113. The van der Waals surface area contributed by atoms with E-state index in [1.165, 1.54) is 36.5 Å². The molecule has 4 N–H and O–H groups in total. The average molecular weight is 428 g/mol. The molecule has 0 spiro atoms. The van der Waals surface area contributed by atoms with E-state index in [-0.39, 0.29) is 27.6 Å². The number of aromatic nitrogens is 1. The maximum absolute atomic E-state index is 12.2. The van der Waals surface area contributed by atoms with Crippen LogP contribution in [0, 0.1) is 0 Å². The summed E-state index contributed by atoms with van der Waals surface area (Å²) in [6.07, 6.45) is 2.18. The molecule has 1 aromatic carbocycles. The molecule has 1 amide bonds. The Balaban J connectivity index is 1.91. The molecule has 1 heterocycles. The lowest BCUT2D eigenvalue weighted by Gasteiger charge is -2.07. The number of benzene rings is 1. The first-order valence-electron chi connectivity index (χ1n) is 8.31. The second kappa shape index (κ2) is 9.62. The fraction of sp³-hybridized carbons (Fsp3) is 0.294. The molecule has 0 aliphatic heterocycles. The van der Waals surface area contributed by atoms with E-state index in [9.17, 15) is 22.2 Å².